The molecule has 23 heavy (non-hydrogen) atoms. The molecule has 0 aliphatic heterocycles. The largest absolute Gasteiger partial charge is 0.337 e. The summed E-state index contributed by atoms with van der Waals surface area (Å²) in [6.07, 6.45) is 0.292. The molecule has 0 heterocycles. The smallest absolute Gasteiger partial charge is 0.227 e. The number of hydrogen-bond donors (Lipinski definition) is 0. The summed E-state index contributed by atoms with van der Waals surface area (Å²) in [6, 6.07) is 16.1. The molecular weight excluding hydrogens is 291 g/mol. The van der Waals surface area contributed by atoms with Crippen molar-refractivity contribution in [2.75, 3.05) is 27.2 Å². The van der Waals surface area contributed by atoms with Crippen LogP contribution in [-0.2, 0) is 17.8 Å². The van der Waals surface area contributed by atoms with Crippen molar-refractivity contribution in [3.05, 3.63) is 71.5 Å². The van der Waals surface area contributed by atoms with Gasteiger partial charge in [0.1, 0.15) is 5.82 Å². The monoisotopic (exact) mass is 314 g/mol. The highest BCUT2D eigenvalue weighted by Gasteiger charge is 2.15. The lowest BCUT2D eigenvalue weighted by atomic mass is 10.1. The number of amides is 1. The van der Waals surface area contributed by atoms with E-state index in [0.29, 0.717) is 19.5 Å². The van der Waals surface area contributed by atoms with Gasteiger partial charge < -0.3 is 9.80 Å². The minimum atomic E-state index is -0.282. The molecule has 2 aromatic carbocycles. The average Bonchev–Trinajstić information content (AvgIpc) is 2.54. The summed E-state index contributed by atoms with van der Waals surface area (Å²) in [5.74, 6) is -0.225. The molecule has 0 spiro atoms. The Labute approximate surface area is 137 Å². The molecule has 0 bridgehead atoms. The van der Waals surface area contributed by atoms with Gasteiger partial charge in [-0.25, -0.2) is 4.39 Å². The van der Waals surface area contributed by atoms with E-state index in [-0.39, 0.29) is 11.7 Å². The molecule has 0 N–H and O–H groups in total. The van der Waals surface area contributed by atoms with Crippen LogP contribution in [0, 0.1) is 5.82 Å². The molecule has 0 aliphatic carbocycles. The highest BCUT2D eigenvalue weighted by molar-refractivity contribution is 5.78. The summed E-state index contributed by atoms with van der Waals surface area (Å²) in [7, 11) is 3.98. The van der Waals surface area contributed by atoms with E-state index >= 15 is 0 Å². The predicted molar refractivity (Wildman–Crippen MR) is 90.5 cm³/mol. The second-order valence-electron chi connectivity index (χ2n) is 5.91. The molecule has 1 amide bonds. The van der Waals surface area contributed by atoms with Crippen LogP contribution in [0.4, 0.5) is 4.39 Å². The molecule has 0 fully saturated rings. The minimum Gasteiger partial charge on any atom is -0.337 e. The number of rotatable bonds is 7. The number of hydrogen-bond acceptors (Lipinski definition) is 2. The number of carbonyl (C=O) groups is 1. The molecule has 4 heteroatoms. The van der Waals surface area contributed by atoms with E-state index in [1.807, 2.05) is 49.3 Å². The zero-order chi connectivity index (χ0) is 16.7. The molecule has 0 saturated carbocycles. The Morgan fingerprint density at radius 2 is 1.57 bits per heavy atom. The van der Waals surface area contributed by atoms with Crippen LogP contribution in [0.2, 0.25) is 0 Å². The number of carbonyl (C=O) groups excluding carboxylic acids is 1. The maximum atomic E-state index is 13.0. The minimum absolute atomic E-state index is 0.0577. The van der Waals surface area contributed by atoms with Gasteiger partial charge in [-0.3, -0.25) is 4.79 Å². The number of likely N-dealkylation sites (N-methyl/N-ethyl adjacent to an activating group) is 1. The molecule has 3 nitrogen and oxygen atoms in total. The molecule has 2 aromatic rings. The first-order valence-corrected chi connectivity index (χ1v) is 7.75. The molecule has 0 atom stereocenters. The summed E-state index contributed by atoms with van der Waals surface area (Å²) >= 11 is 0. The second-order valence-corrected chi connectivity index (χ2v) is 5.91. The third kappa shape index (κ3) is 5.83. The molecule has 0 saturated heterocycles. The maximum absolute atomic E-state index is 13.0. The van der Waals surface area contributed by atoms with E-state index < -0.39 is 0 Å². The van der Waals surface area contributed by atoms with Crippen molar-refractivity contribution in [2.24, 2.45) is 0 Å². The van der Waals surface area contributed by atoms with Crippen LogP contribution in [0.25, 0.3) is 0 Å². The third-order valence-electron chi connectivity index (χ3n) is 3.65. The predicted octanol–water partition coefficient (Wildman–Crippen LogP) is 2.96. The topological polar surface area (TPSA) is 23.6 Å². The Bertz CT molecular complexity index is 611. The van der Waals surface area contributed by atoms with Gasteiger partial charge in [-0.15, -0.1) is 0 Å². The number of benzene rings is 2. The maximum Gasteiger partial charge on any atom is 0.227 e. The van der Waals surface area contributed by atoms with Crippen LogP contribution in [-0.4, -0.2) is 42.9 Å². The highest BCUT2D eigenvalue weighted by atomic mass is 19.1. The second kappa shape index (κ2) is 8.44. The Balaban J connectivity index is 2.05. The van der Waals surface area contributed by atoms with E-state index in [1.54, 1.807) is 12.1 Å². The van der Waals surface area contributed by atoms with E-state index in [0.717, 1.165) is 17.7 Å². The van der Waals surface area contributed by atoms with E-state index in [1.165, 1.54) is 12.1 Å². The zero-order valence-corrected chi connectivity index (χ0v) is 13.7. The first-order chi connectivity index (χ1) is 11.0. The summed E-state index contributed by atoms with van der Waals surface area (Å²) in [4.78, 5) is 16.5. The Morgan fingerprint density at radius 3 is 2.17 bits per heavy atom. The van der Waals surface area contributed by atoms with Gasteiger partial charge >= 0.3 is 0 Å². The quantitative estimate of drug-likeness (QED) is 0.784. The van der Waals surface area contributed by atoms with Gasteiger partial charge in [0.2, 0.25) is 5.91 Å². The van der Waals surface area contributed by atoms with Crippen molar-refractivity contribution in [3.8, 4) is 0 Å². The Morgan fingerprint density at radius 1 is 0.913 bits per heavy atom. The molecule has 0 aliphatic rings. The van der Waals surface area contributed by atoms with Crippen molar-refractivity contribution in [2.45, 2.75) is 13.0 Å². The lowest BCUT2D eigenvalue weighted by Crippen LogP contribution is -2.37. The normalized spacial score (nSPS) is 10.8. The number of nitrogens with zero attached hydrogens (tertiary/aromatic N) is 2. The van der Waals surface area contributed by atoms with Crippen LogP contribution in [0.5, 0.6) is 0 Å². The van der Waals surface area contributed by atoms with Crippen molar-refractivity contribution < 1.29 is 9.18 Å². The summed E-state index contributed by atoms with van der Waals surface area (Å²) in [6.45, 7) is 2.07. The highest BCUT2D eigenvalue weighted by Crippen LogP contribution is 2.09. The molecule has 122 valence electrons. The SMILES string of the molecule is CN(C)CCN(Cc1ccccc1)C(=O)Cc1ccc(F)cc1. The standard InChI is InChI=1S/C19H23FN2O/c1-21(2)12-13-22(15-17-6-4-3-5-7-17)19(23)14-16-8-10-18(20)11-9-16/h3-11H,12-15H2,1-2H3. The molecular formula is C19H23FN2O. The average molecular weight is 314 g/mol. The summed E-state index contributed by atoms with van der Waals surface area (Å²) < 4.78 is 13.0. The Hall–Kier alpha value is -2.20. The van der Waals surface area contributed by atoms with Gasteiger partial charge in [0.15, 0.2) is 0 Å². The van der Waals surface area contributed by atoms with Crippen LogP contribution < -0.4 is 0 Å². The fraction of sp³-hybridized carbons (Fsp3) is 0.316. The molecule has 2 rings (SSSR count). The third-order valence-corrected chi connectivity index (χ3v) is 3.65. The van der Waals surface area contributed by atoms with Crippen molar-refractivity contribution >= 4 is 5.91 Å². The van der Waals surface area contributed by atoms with Crippen LogP contribution in [0.1, 0.15) is 11.1 Å². The Kier molecular flexibility index (Phi) is 6.29. The van der Waals surface area contributed by atoms with Gasteiger partial charge in [0.25, 0.3) is 0 Å². The van der Waals surface area contributed by atoms with Crippen LogP contribution in [0.15, 0.2) is 54.6 Å². The van der Waals surface area contributed by atoms with Crippen molar-refractivity contribution in [1.29, 1.82) is 0 Å². The molecule has 0 radical (unpaired) electrons. The van der Waals surface area contributed by atoms with Crippen LogP contribution in [0.3, 0.4) is 0 Å². The lowest BCUT2D eigenvalue weighted by Gasteiger charge is -2.24. The van der Waals surface area contributed by atoms with Gasteiger partial charge in [0.05, 0.1) is 6.42 Å². The lowest BCUT2D eigenvalue weighted by molar-refractivity contribution is -0.131. The van der Waals surface area contributed by atoms with Crippen molar-refractivity contribution in [1.82, 2.24) is 9.80 Å². The van der Waals surface area contributed by atoms with Gasteiger partial charge in [0, 0.05) is 19.6 Å². The summed E-state index contributed by atoms with van der Waals surface area (Å²) in [5.41, 5.74) is 1.94. The number of halogens is 1. The van der Waals surface area contributed by atoms with E-state index in [9.17, 15) is 9.18 Å². The van der Waals surface area contributed by atoms with E-state index in [2.05, 4.69) is 4.90 Å². The van der Waals surface area contributed by atoms with Gasteiger partial charge in [-0.1, -0.05) is 42.5 Å². The zero-order valence-electron chi connectivity index (χ0n) is 13.7. The fourth-order valence-electron chi connectivity index (χ4n) is 2.31. The first-order valence-electron chi connectivity index (χ1n) is 7.75. The fourth-order valence-corrected chi connectivity index (χ4v) is 2.31. The van der Waals surface area contributed by atoms with E-state index in [4.69, 9.17) is 0 Å². The molecule has 0 unspecified atom stereocenters. The van der Waals surface area contributed by atoms with Crippen molar-refractivity contribution in [3.63, 3.8) is 0 Å². The summed E-state index contributed by atoms with van der Waals surface area (Å²) in [5, 5.41) is 0. The molecule has 0 aromatic heterocycles. The van der Waals surface area contributed by atoms with Gasteiger partial charge in [-0.05, 0) is 37.4 Å². The van der Waals surface area contributed by atoms with Crippen LogP contribution >= 0.6 is 0 Å². The first kappa shape index (κ1) is 17.2. The van der Waals surface area contributed by atoms with Gasteiger partial charge in [-0.2, -0.15) is 0 Å².